The van der Waals surface area contributed by atoms with Crippen molar-refractivity contribution in [2.75, 3.05) is 11.9 Å². The van der Waals surface area contributed by atoms with Gasteiger partial charge in [-0.2, -0.15) is 0 Å². The number of hydrogen-bond donors (Lipinski definition) is 1. The van der Waals surface area contributed by atoms with Crippen molar-refractivity contribution in [3.05, 3.63) is 28.2 Å². The maximum absolute atomic E-state index is 5.81. The molecule has 1 aromatic carbocycles. The summed E-state index contributed by atoms with van der Waals surface area (Å²) in [5.74, 6) is 0.596. The Morgan fingerprint density at radius 2 is 2.11 bits per heavy atom. The second-order valence-corrected chi connectivity index (χ2v) is 6.45. The minimum atomic E-state index is 0.393. The largest absolute Gasteiger partial charge is 0.382 e. The quantitative estimate of drug-likeness (QED) is 0.894. The van der Waals surface area contributed by atoms with E-state index in [4.69, 9.17) is 4.74 Å². The van der Waals surface area contributed by atoms with Crippen LogP contribution < -0.4 is 5.32 Å². The highest BCUT2D eigenvalue weighted by Gasteiger charge is 2.24. The fourth-order valence-electron chi connectivity index (χ4n) is 2.48. The van der Waals surface area contributed by atoms with Crippen LogP contribution in [0.25, 0.3) is 0 Å². The number of ether oxygens (including phenoxy) is 1. The summed E-state index contributed by atoms with van der Waals surface area (Å²) in [6.07, 6.45) is 2.59. The first-order valence-corrected chi connectivity index (χ1v) is 7.49. The van der Waals surface area contributed by atoms with Gasteiger partial charge in [0.2, 0.25) is 0 Å². The Hall–Kier alpha value is -0.540. The van der Waals surface area contributed by atoms with Crippen LogP contribution in [0.4, 0.5) is 5.69 Å². The van der Waals surface area contributed by atoms with Crippen molar-refractivity contribution in [2.24, 2.45) is 5.92 Å². The number of hydrogen-bond acceptors (Lipinski definition) is 2. The lowest BCUT2D eigenvalue weighted by Gasteiger charge is -2.33. The Morgan fingerprint density at radius 1 is 1.33 bits per heavy atom. The molecule has 3 heteroatoms. The average Bonchev–Trinajstić information content (AvgIpc) is 2.27. The zero-order valence-corrected chi connectivity index (χ0v) is 13.0. The molecule has 0 amide bonds. The molecule has 2 unspecified atom stereocenters. The molecule has 0 bridgehead atoms. The van der Waals surface area contributed by atoms with Crippen molar-refractivity contribution in [3.63, 3.8) is 0 Å². The van der Waals surface area contributed by atoms with E-state index in [-0.39, 0.29) is 0 Å². The van der Waals surface area contributed by atoms with Crippen molar-refractivity contribution in [1.82, 2.24) is 0 Å². The number of benzene rings is 1. The van der Waals surface area contributed by atoms with Crippen LogP contribution in [-0.4, -0.2) is 18.8 Å². The molecule has 0 aromatic heterocycles. The first-order chi connectivity index (χ1) is 8.54. The van der Waals surface area contributed by atoms with Crippen LogP contribution in [0.2, 0.25) is 0 Å². The summed E-state index contributed by atoms with van der Waals surface area (Å²) in [6.45, 7) is 7.46. The second kappa shape index (κ2) is 6.07. The third-order valence-electron chi connectivity index (χ3n) is 3.47. The van der Waals surface area contributed by atoms with E-state index >= 15 is 0 Å². The zero-order valence-electron chi connectivity index (χ0n) is 11.4. The fraction of sp³-hybridized carbons (Fsp3) is 0.600. The first-order valence-electron chi connectivity index (χ1n) is 6.70. The third-order valence-corrected chi connectivity index (χ3v) is 3.93. The van der Waals surface area contributed by atoms with Crippen molar-refractivity contribution >= 4 is 21.6 Å². The van der Waals surface area contributed by atoms with E-state index in [9.17, 15) is 0 Å². The predicted molar refractivity (Wildman–Crippen MR) is 80.1 cm³/mol. The Labute approximate surface area is 118 Å². The number of rotatable bonds is 3. The Morgan fingerprint density at radius 3 is 2.78 bits per heavy atom. The summed E-state index contributed by atoms with van der Waals surface area (Å²) >= 11 is 3.55. The lowest BCUT2D eigenvalue weighted by atomic mass is 9.95. The van der Waals surface area contributed by atoms with Crippen molar-refractivity contribution in [1.29, 1.82) is 0 Å². The first kappa shape index (κ1) is 13.9. The van der Waals surface area contributed by atoms with E-state index in [0.29, 0.717) is 18.1 Å². The van der Waals surface area contributed by atoms with Gasteiger partial charge in [-0.15, -0.1) is 0 Å². The number of nitrogens with one attached hydrogen (secondary N) is 1. The van der Waals surface area contributed by atoms with Gasteiger partial charge in [0.05, 0.1) is 6.10 Å². The molecule has 2 rings (SSSR count). The highest BCUT2D eigenvalue weighted by atomic mass is 79.9. The molecule has 1 fully saturated rings. The summed E-state index contributed by atoms with van der Waals surface area (Å²) in [5, 5.41) is 3.64. The van der Waals surface area contributed by atoms with Crippen LogP contribution >= 0.6 is 15.9 Å². The molecule has 18 heavy (non-hydrogen) atoms. The van der Waals surface area contributed by atoms with Gasteiger partial charge < -0.3 is 10.1 Å². The van der Waals surface area contributed by atoms with E-state index in [1.165, 1.54) is 11.3 Å². The Kier molecular flexibility index (Phi) is 4.68. The van der Waals surface area contributed by atoms with Crippen molar-refractivity contribution < 1.29 is 4.74 Å². The second-order valence-electron chi connectivity index (χ2n) is 5.54. The average molecular weight is 312 g/mol. The molecule has 100 valence electrons. The summed E-state index contributed by atoms with van der Waals surface area (Å²) < 4.78 is 6.94. The normalized spacial score (nSPS) is 24.3. The maximum atomic E-state index is 5.81. The molecule has 0 saturated carbocycles. The molecule has 1 heterocycles. The van der Waals surface area contributed by atoms with Crippen molar-refractivity contribution in [2.45, 2.75) is 45.8 Å². The monoisotopic (exact) mass is 311 g/mol. The molecule has 1 saturated heterocycles. The predicted octanol–water partition coefficient (Wildman–Crippen LogP) is 4.37. The van der Waals surface area contributed by atoms with Crippen LogP contribution in [0.15, 0.2) is 22.7 Å². The molecule has 1 aliphatic rings. The lowest BCUT2D eigenvalue weighted by Crippen LogP contribution is -2.36. The number of anilines is 1. The minimum absolute atomic E-state index is 0.393. The van der Waals surface area contributed by atoms with E-state index in [2.05, 4.69) is 60.2 Å². The molecule has 0 aliphatic carbocycles. The molecule has 0 spiro atoms. The van der Waals surface area contributed by atoms with Gasteiger partial charge in [-0.25, -0.2) is 0 Å². The zero-order chi connectivity index (χ0) is 13.1. The standard InChI is InChI=1S/C15H22BrNO/c1-10(2)15-9-13(4-5-18-15)17-14-7-11(3)6-12(16)8-14/h6-8,10,13,15,17H,4-5,9H2,1-3H3. The minimum Gasteiger partial charge on any atom is -0.382 e. The van der Waals surface area contributed by atoms with E-state index < -0.39 is 0 Å². The summed E-state index contributed by atoms with van der Waals surface area (Å²) in [7, 11) is 0. The summed E-state index contributed by atoms with van der Waals surface area (Å²) in [5.41, 5.74) is 2.48. The number of halogens is 1. The molecule has 1 aromatic rings. The van der Waals surface area contributed by atoms with Crippen LogP contribution in [-0.2, 0) is 4.74 Å². The van der Waals surface area contributed by atoms with Crippen LogP contribution in [0, 0.1) is 12.8 Å². The van der Waals surface area contributed by atoms with Gasteiger partial charge in [0.15, 0.2) is 0 Å². The summed E-state index contributed by atoms with van der Waals surface area (Å²) in [6, 6.07) is 7.00. The van der Waals surface area contributed by atoms with Crippen LogP contribution in [0.1, 0.15) is 32.3 Å². The van der Waals surface area contributed by atoms with Gasteiger partial charge in [-0.1, -0.05) is 29.8 Å². The molecular formula is C15H22BrNO. The van der Waals surface area contributed by atoms with Gasteiger partial charge in [0.25, 0.3) is 0 Å². The third kappa shape index (κ3) is 3.72. The maximum Gasteiger partial charge on any atom is 0.0617 e. The van der Waals surface area contributed by atoms with Gasteiger partial charge in [-0.3, -0.25) is 0 Å². The van der Waals surface area contributed by atoms with E-state index in [1.807, 2.05) is 0 Å². The summed E-state index contributed by atoms with van der Waals surface area (Å²) in [4.78, 5) is 0. The smallest absolute Gasteiger partial charge is 0.0617 e. The highest BCUT2D eigenvalue weighted by molar-refractivity contribution is 9.10. The van der Waals surface area contributed by atoms with Gasteiger partial charge >= 0.3 is 0 Å². The molecular weight excluding hydrogens is 290 g/mol. The number of aryl methyl sites for hydroxylation is 1. The van der Waals surface area contributed by atoms with Crippen LogP contribution in [0.5, 0.6) is 0 Å². The highest BCUT2D eigenvalue weighted by Crippen LogP contribution is 2.25. The Bertz CT molecular complexity index is 385. The topological polar surface area (TPSA) is 21.3 Å². The Balaban J connectivity index is 2.00. The van der Waals surface area contributed by atoms with E-state index in [0.717, 1.165) is 23.9 Å². The van der Waals surface area contributed by atoms with Gasteiger partial charge in [-0.05, 0) is 49.4 Å². The van der Waals surface area contributed by atoms with E-state index in [1.54, 1.807) is 0 Å². The molecule has 1 aliphatic heterocycles. The molecule has 1 N–H and O–H groups in total. The van der Waals surface area contributed by atoms with Gasteiger partial charge in [0, 0.05) is 22.8 Å². The molecule has 2 atom stereocenters. The molecule has 0 radical (unpaired) electrons. The van der Waals surface area contributed by atoms with Crippen LogP contribution in [0.3, 0.4) is 0 Å². The lowest BCUT2D eigenvalue weighted by molar-refractivity contribution is -0.0160. The fourth-order valence-corrected chi connectivity index (χ4v) is 3.09. The van der Waals surface area contributed by atoms with Crippen molar-refractivity contribution in [3.8, 4) is 0 Å². The van der Waals surface area contributed by atoms with Gasteiger partial charge in [0.1, 0.15) is 0 Å². The SMILES string of the molecule is Cc1cc(Br)cc(NC2CCOC(C(C)C)C2)c1. The molecule has 2 nitrogen and oxygen atoms in total.